The molecular weight excluding hydrogens is 438 g/mol. The lowest BCUT2D eigenvalue weighted by Gasteiger charge is -2.39. The summed E-state index contributed by atoms with van der Waals surface area (Å²) in [6, 6.07) is 6.47. The van der Waals surface area contributed by atoms with Gasteiger partial charge in [0.25, 0.3) is 5.69 Å². The minimum atomic E-state index is -1.96. The van der Waals surface area contributed by atoms with E-state index in [-0.39, 0.29) is 41.5 Å². The molecule has 3 rings (SSSR count). The number of aliphatic imine (C=N–C) groups is 1. The van der Waals surface area contributed by atoms with Gasteiger partial charge in [-0.25, -0.2) is 0 Å². The van der Waals surface area contributed by atoms with Gasteiger partial charge in [-0.2, -0.15) is 0 Å². The number of benzene rings is 1. The third-order valence-electron chi connectivity index (χ3n) is 6.91. The number of carbonyl (C=O) groups excluding carboxylic acids is 1. The lowest BCUT2D eigenvalue weighted by molar-refractivity contribution is -0.385. The fraction of sp³-hybridized carbons (Fsp3) is 0.583. The molecule has 4 atom stereocenters. The lowest BCUT2D eigenvalue weighted by atomic mass is 9.95. The SMILES string of the molecule is CC[C@H]1O[C@H](C2C=CC(=NCc3ccccc3[N+](=O)[O-])NC2=O)CC1O[Si](C)(C)C(C)(C)C. The quantitative estimate of drug-likeness (QED) is 0.350. The Morgan fingerprint density at radius 3 is 2.61 bits per heavy atom. The molecule has 1 aromatic carbocycles. The highest BCUT2D eigenvalue weighted by Gasteiger charge is 2.46. The maximum Gasteiger partial charge on any atom is 0.274 e. The fourth-order valence-electron chi connectivity index (χ4n) is 3.93. The van der Waals surface area contributed by atoms with Gasteiger partial charge in [0.1, 0.15) is 5.84 Å². The van der Waals surface area contributed by atoms with Gasteiger partial charge in [-0.05, 0) is 30.6 Å². The molecule has 0 bridgehead atoms. The molecule has 0 radical (unpaired) electrons. The molecule has 0 aliphatic carbocycles. The van der Waals surface area contributed by atoms with E-state index in [0.717, 1.165) is 6.42 Å². The van der Waals surface area contributed by atoms with E-state index >= 15 is 0 Å². The van der Waals surface area contributed by atoms with Gasteiger partial charge in [0.2, 0.25) is 5.91 Å². The molecule has 0 aromatic heterocycles. The summed E-state index contributed by atoms with van der Waals surface area (Å²) in [7, 11) is -1.96. The summed E-state index contributed by atoms with van der Waals surface area (Å²) in [5, 5.41) is 14.1. The van der Waals surface area contributed by atoms with Gasteiger partial charge >= 0.3 is 0 Å². The van der Waals surface area contributed by atoms with Crippen molar-refractivity contribution in [2.24, 2.45) is 10.9 Å². The number of hydrogen-bond donors (Lipinski definition) is 1. The van der Waals surface area contributed by atoms with E-state index in [1.54, 1.807) is 24.3 Å². The van der Waals surface area contributed by atoms with Crippen LogP contribution in [0.5, 0.6) is 0 Å². The Balaban J connectivity index is 1.69. The average Bonchev–Trinajstić information content (AvgIpc) is 3.13. The molecule has 1 amide bonds. The zero-order chi connectivity index (χ0) is 24.4. The topological polar surface area (TPSA) is 103 Å². The number of rotatable bonds is 7. The van der Waals surface area contributed by atoms with Crippen LogP contribution in [-0.4, -0.2) is 43.3 Å². The van der Waals surface area contributed by atoms with Gasteiger partial charge in [-0.15, -0.1) is 0 Å². The van der Waals surface area contributed by atoms with Crippen molar-refractivity contribution in [1.29, 1.82) is 0 Å². The van der Waals surface area contributed by atoms with E-state index in [1.165, 1.54) is 6.07 Å². The Kier molecular flexibility index (Phi) is 7.55. The van der Waals surface area contributed by atoms with Crippen molar-refractivity contribution >= 4 is 25.7 Å². The Hall–Kier alpha value is -2.36. The molecule has 8 nitrogen and oxygen atoms in total. The minimum absolute atomic E-state index is 0.0172. The zero-order valence-corrected chi connectivity index (χ0v) is 21.3. The van der Waals surface area contributed by atoms with Crippen LogP contribution in [0, 0.1) is 16.0 Å². The van der Waals surface area contributed by atoms with Gasteiger partial charge in [0.15, 0.2) is 8.32 Å². The van der Waals surface area contributed by atoms with Crippen LogP contribution in [0.15, 0.2) is 41.4 Å². The number of para-hydroxylation sites is 1. The summed E-state index contributed by atoms with van der Waals surface area (Å²) < 4.78 is 12.9. The van der Waals surface area contributed by atoms with Crippen LogP contribution >= 0.6 is 0 Å². The maximum absolute atomic E-state index is 12.9. The molecule has 0 saturated carbocycles. The Labute approximate surface area is 196 Å². The Bertz CT molecular complexity index is 954. The van der Waals surface area contributed by atoms with Crippen LogP contribution in [0.25, 0.3) is 0 Å². The fourth-order valence-corrected chi connectivity index (χ4v) is 5.29. The van der Waals surface area contributed by atoms with Crippen molar-refractivity contribution in [2.75, 3.05) is 0 Å². The van der Waals surface area contributed by atoms with E-state index in [9.17, 15) is 14.9 Å². The number of carbonyl (C=O) groups is 1. The van der Waals surface area contributed by atoms with Gasteiger partial charge in [0.05, 0.1) is 41.3 Å². The first-order valence-electron chi connectivity index (χ1n) is 11.5. The second-order valence-electron chi connectivity index (χ2n) is 10.2. The zero-order valence-electron chi connectivity index (χ0n) is 20.3. The summed E-state index contributed by atoms with van der Waals surface area (Å²) >= 11 is 0. The third kappa shape index (κ3) is 5.77. The highest BCUT2D eigenvalue weighted by molar-refractivity contribution is 6.74. The first-order valence-corrected chi connectivity index (χ1v) is 14.4. The van der Waals surface area contributed by atoms with Gasteiger partial charge in [-0.3, -0.25) is 19.9 Å². The number of nitro groups is 1. The number of hydrogen-bond acceptors (Lipinski definition) is 6. The van der Waals surface area contributed by atoms with Gasteiger partial charge in [-0.1, -0.05) is 52.0 Å². The molecule has 180 valence electrons. The van der Waals surface area contributed by atoms with Gasteiger partial charge < -0.3 is 14.5 Å². The monoisotopic (exact) mass is 473 g/mol. The number of nitrogens with one attached hydrogen (secondary N) is 1. The maximum atomic E-state index is 12.9. The van der Waals surface area contributed by atoms with E-state index < -0.39 is 19.2 Å². The molecule has 9 heteroatoms. The number of ether oxygens (including phenoxy) is 1. The van der Waals surface area contributed by atoms with E-state index in [2.05, 4.69) is 51.1 Å². The molecule has 2 unspecified atom stereocenters. The van der Waals surface area contributed by atoms with Crippen molar-refractivity contribution in [2.45, 2.75) is 83.5 Å². The van der Waals surface area contributed by atoms with Crippen LogP contribution < -0.4 is 5.32 Å². The average molecular weight is 474 g/mol. The second kappa shape index (κ2) is 9.86. The van der Waals surface area contributed by atoms with E-state index in [4.69, 9.17) is 9.16 Å². The standard InChI is InChI=1S/C24H35N3O5Si/c1-7-19-21(32-33(5,6)24(2,3)4)14-20(31-19)17-12-13-22(26-23(17)28)25-15-16-10-8-9-11-18(16)27(29)30/h8-13,17,19-21H,7,14-15H2,1-6H3,(H,25,26,28)/t17?,19-,20+,21?/m1/s1. The first-order chi connectivity index (χ1) is 15.4. The van der Waals surface area contributed by atoms with Crippen molar-refractivity contribution < 1.29 is 18.9 Å². The molecular formula is C24H35N3O5Si. The largest absolute Gasteiger partial charge is 0.411 e. The van der Waals surface area contributed by atoms with Crippen LogP contribution in [-0.2, 0) is 20.5 Å². The molecule has 0 spiro atoms. The molecule has 2 aliphatic rings. The summed E-state index contributed by atoms with van der Waals surface area (Å²) in [5.41, 5.74) is 0.513. The molecule has 2 heterocycles. The normalized spacial score (nSPS) is 27.1. The van der Waals surface area contributed by atoms with E-state index in [0.29, 0.717) is 17.8 Å². The molecule has 1 saturated heterocycles. The molecule has 1 N–H and O–H groups in total. The third-order valence-corrected chi connectivity index (χ3v) is 11.4. The Morgan fingerprint density at radius 2 is 2.00 bits per heavy atom. The van der Waals surface area contributed by atoms with Crippen molar-refractivity contribution in [3.05, 3.63) is 52.1 Å². The predicted molar refractivity (Wildman–Crippen MR) is 131 cm³/mol. The number of amidine groups is 1. The number of nitro benzene ring substituents is 1. The van der Waals surface area contributed by atoms with Crippen LogP contribution in [0.3, 0.4) is 0 Å². The summed E-state index contributed by atoms with van der Waals surface area (Å²) in [4.78, 5) is 28.0. The molecule has 2 aliphatic heterocycles. The highest BCUT2D eigenvalue weighted by atomic mass is 28.4. The first kappa shape index (κ1) is 25.3. The second-order valence-corrected chi connectivity index (χ2v) is 15.0. The van der Waals surface area contributed by atoms with Crippen LogP contribution in [0.2, 0.25) is 18.1 Å². The number of amides is 1. The molecule has 1 fully saturated rings. The summed E-state index contributed by atoms with van der Waals surface area (Å²) in [5.74, 6) is -0.197. The van der Waals surface area contributed by atoms with Crippen LogP contribution in [0.4, 0.5) is 5.69 Å². The predicted octanol–water partition coefficient (Wildman–Crippen LogP) is 4.75. The molecule has 1 aromatic rings. The number of nitrogens with zero attached hydrogens (tertiary/aromatic N) is 2. The summed E-state index contributed by atoms with van der Waals surface area (Å²) in [6.07, 6.45) is 4.79. The van der Waals surface area contributed by atoms with Crippen molar-refractivity contribution in [3.63, 3.8) is 0 Å². The van der Waals surface area contributed by atoms with Gasteiger partial charge in [0, 0.05) is 12.5 Å². The molecule has 33 heavy (non-hydrogen) atoms. The van der Waals surface area contributed by atoms with Crippen molar-refractivity contribution in [1.82, 2.24) is 5.32 Å². The lowest BCUT2D eigenvalue weighted by Crippen LogP contribution is -2.46. The smallest absolute Gasteiger partial charge is 0.274 e. The van der Waals surface area contributed by atoms with Crippen molar-refractivity contribution in [3.8, 4) is 0 Å². The highest BCUT2D eigenvalue weighted by Crippen LogP contribution is 2.41. The van der Waals surface area contributed by atoms with E-state index in [1.807, 2.05) is 6.08 Å². The minimum Gasteiger partial charge on any atom is -0.411 e. The Morgan fingerprint density at radius 1 is 1.30 bits per heavy atom. The summed E-state index contributed by atoms with van der Waals surface area (Å²) in [6.45, 7) is 13.3. The van der Waals surface area contributed by atoms with Crippen LogP contribution in [0.1, 0.15) is 46.1 Å².